The number of hydrogen-bond acceptors (Lipinski definition) is 5. The summed E-state index contributed by atoms with van der Waals surface area (Å²) in [6, 6.07) is 12.3. The summed E-state index contributed by atoms with van der Waals surface area (Å²) in [5.41, 5.74) is 1.14. The van der Waals surface area contributed by atoms with Crippen molar-refractivity contribution in [2.24, 2.45) is 0 Å². The predicted octanol–water partition coefficient (Wildman–Crippen LogP) is 2.45. The molecule has 0 saturated heterocycles. The molecule has 8 heteroatoms. The Balaban J connectivity index is 2.32. The van der Waals surface area contributed by atoms with E-state index >= 15 is 0 Å². The van der Waals surface area contributed by atoms with Crippen molar-refractivity contribution in [2.45, 2.75) is 17.9 Å². The standard InChI is InChI=1S/C15H13N3O4S/c1-11-5-7-12(8-6-11)15(10-16)17-23(21,22)14-4-2-3-13(9-14)18(19)20/h2-9,15,17H,1H3. The van der Waals surface area contributed by atoms with Crippen LogP contribution in [0, 0.1) is 28.4 Å². The highest BCUT2D eigenvalue weighted by Gasteiger charge is 2.22. The van der Waals surface area contributed by atoms with E-state index in [0.29, 0.717) is 5.56 Å². The SMILES string of the molecule is Cc1ccc(C(C#N)NS(=O)(=O)c2cccc([N+](=O)[O-])c2)cc1. The first-order valence-electron chi connectivity index (χ1n) is 6.56. The summed E-state index contributed by atoms with van der Waals surface area (Å²) in [6.45, 7) is 1.87. The molecule has 0 aliphatic heterocycles. The fourth-order valence-electron chi connectivity index (χ4n) is 1.92. The first kappa shape index (κ1) is 16.6. The number of benzene rings is 2. The summed E-state index contributed by atoms with van der Waals surface area (Å²) in [4.78, 5) is 9.81. The van der Waals surface area contributed by atoms with Crippen LogP contribution in [0.5, 0.6) is 0 Å². The van der Waals surface area contributed by atoms with Crippen LogP contribution < -0.4 is 4.72 Å². The van der Waals surface area contributed by atoms with Crippen LogP contribution in [0.4, 0.5) is 5.69 Å². The lowest BCUT2D eigenvalue weighted by atomic mass is 10.1. The van der Waals surface area contributed by atoms with Crippen LogP contribution >= 0.6 is 0 Å². The maximum absolute atomic E-state index is 12.3. The minimum absolute atomic E-state index is 0.265. The van der Waals surface area contributed by atoms with Gasteiger partial charge in [0.25, 0.3) is 5.69 Å². The molecule has 23 heavy (non-hydrogen) atoms. The van der Waals surface area contributed by atoms with E-state index in [9.17, 15) is 23.8 Å². The van der Waals surface area contributed by atoms with Gasteiger partial charge in [-0.15, -0.1) is 0 Å². The number of nitrogens with one attached hydrogen (secondary N) is 1. The Hall–Kier alpha value is -2.76. The molecule has 0 bridgehead atoms. The Kier molecular flexibility index (Phi) is 4.74. The summed E-state index contributed by atoms with van der Waals surface area (Å²) in [7, 11) is -4.06. The van der Waals surface area contributed by atoms with Crippen LogP contribution in [0.15, 0.2) is 53.4 Å². The quantitative estimate of drug-likeness (QED) is 0.668. The number of non-ortho nitro benzene ring substituents is 1. The Morgan fingerprint density at radius 3 is 2.43 bits per heavy atom. The molecule has 0 amide bonds. The van der Waals surface area contributed by atoms with Gasteiger partial charge in [-0.3, -0.25) is 10.1 Å². The lowest BCUT2D eigenvalue weighted by molar-refractivity contribution is -0.385. The second-order valence-electron chi connectivity index (χ2n) is 4.85. The topological polar surface area (TPSA) is 113 Å². The summed E-state index contributed by atoms with van der Waals surface area (Å²) in [5, 5.41) is 20.0. The third-order valence-electron chi connectivity index (χ3n) is 3.15. The highest BCUT2D eigenvalue weighted by Crippen LogP contribution is 2.20. The highest BCUT2D eigenvalue weighted by atomic mass is 32.2. The number of sulfonamides is 1. The second kappa shape index (κ2) is 6.56. The Morgan fingerprint density at radius 2 is 1.87 bits per heavy atom. The number of rotatable bonds is 5. The molecule has 7 nitrogen and oxygen atoms in total. The van der Waals surface area contributed by atoms with E-state index in [1.54, 1.807) is 24.3 Å². The number of nitro benzene ring substituents is 1. The third-order valence-corrected chi connectivity index (χ3v) is 4.57. The van der Waals surface area contributed by atoms with Crippen molar-refractivity contribution in [3.05, 3.63) is 69.8 Å². The van der Waals surface area contributed by atoms with E-state index in [2.05, 4.69) is 4.72 Å². The zero-order valence-electron chi connectivity index (χ0n) is 12.1. The molecular weight excluding hydrogens is 318 g/mol. The minimum atomic E-state index is -4.06. The molecule has 0 aromatic heterocycles. The zero-order chi connectivity index (χ0) is 17.0. The zero-order valence-corrected chi connectivity index (χ0v) is 12.9. The molecule has 118 valence electrons. The van der Waals surface area contributed by atoms with Crippen molar-refractivity contribution < 1.29 is 13.3 Å². The van der Waals surface area contributed by atoms with Crippen LogP contribution in [0.1, 0.15) is 17.2 Å². The number of nitrogens with zero attached hydrogens (tertiary/aromatic N) is 2. The van der Waals surface area contributed by atoms with Gasteiger partial charge >= 0.3 is 0 Å². The molecule has 0 fully saturated rings. The van der Waals surface area contributed by atoms with Crippen molar-refractivity contribution in [3.63, 3.8) is 0 Å². The minimum Gasteiger partial charge on any atom is -0.258 e. The first-order valence-corrected chi connectivity index (χ1v) is 8.05. The van der Waals surface area contributed by atoms with Crippen molar-refractivity contribution in [3.8, 4) is 6.07 Å². The average molecular weight is 331 g/mol. The van der Waals surface area contributed by atoms with E-state index in [4.69, 9.17) is 0 Å². The highest BCUT2D eigenvalue weighted by molar-refractivity contribution is 7.89. The normalized spacial score (nSPS) is 12.3. The Labute approximate surface area is 133 Å². The van der Waals surface area contributed by atoms with Crippen LogP contribution in [-0.4, -0.2) is 13.3 Å². The van der Waals surface area contributed by atoms with E-state index in [0.717, 1.165) is 11.6 Å². The number of nitro groups is 1. The molecule has 1 unspecified atom stereocenters. The molecule has 2 aromatic rings. The van der Waals surface area contributed by atoms with Crippen LogP contribution in [0.3, 0.4) is 0 Å². The maximum atomic E-state index is 12.3. The van der Waals surface area contributed by atoms with Gasteiger partial charge < -0.3 is 0 Å². The van der Waals surface area contributed by atoms with Crippen LogP contribution in [0.25, 0.3) is 0 Å². The molecule has 0 aliphatic rings. The Morgan fingerprint density at radius 1 is 1.22 bits per heavy atom. The predicted molar refractivity (Wildman–Crippen MR) is 83.0 cm³/mol. The van der Waals surface area contributed by atoms with Gasteiger partial charge in [-0.2, -0.15) is 9.98 Å². The van der Waals surface area contributed by atoms with Gasteiger partial charge in [0.05, 0.1) is 15.9 Å². The van der Waals surface area contributed by atoms with E-state index in [-0.39, 0.29) is 10.6 Å². The van der Waals surface area contributed by atoms with Crippen molar-refractivity contribution in [1.29, 1.82) is 5.26 Å². The fourth-order valence-corrected chi connectivity index (χ4v) is 3.08. The summed E-state index contributed by atoms with van der Waals surface area (Å²) < 4.78 is 26.9. The average Bonchev–Trinajstić information content (AvgIpc) is 2.53. The van der Waals surface area contributed by atoms with Gasteiger partial charge in [0.15, 0.2) is 0 Å². The molecule has 0 radical (unpaired) electrons. The van der Waals surface area contributed by atoms with E-state index < -0.39 is 21.0 Å². The monoisotopic (exact) mass is 331 g/mol. The van der Waals surface area contributed by atoms with Gasteiger partial charge in [-0.05, 0) is 18.6 Å². The number of aryl methyl sites for hydroxylation is 1. The largest absolute Gasteiger partial charge is 0.270 e. The van der Waals surface area contributed by atoms with Crippen LogP contribution in [0.2, 0.25) is 0 Å². The molecule has 1 atom stereocenters. The molecule has 2 aromatic carbocycles. The lowest BCUT2D eigenvalue weighted by Crippen LogP contribution is -2.27. The van der Waals surface area contributed by atoms with Gasteiger partial charge in [0.2, 0.25) is 10.0 Å². The molecule has 2 rings (SSSR count). The number of hydrogen-bond donors (Lipinski definition) is 1. The van der Waals surface area contributed by atoms with Crippen molar-refractivity contribution >= 4 is 15.7 Å². The molecule has 1 N–H and O–H groups in total. The molecule has 0 saturated carbocycles. The third kappa shape index (κ3) is 3.91. The van der Waals surface area contributed by atoms with Crippen LogP contribution in [-0.2, 0) is 10.0 Å². The van der Waals surface area contributed by atoms with Gasteiger partial charge in [0.1, 0.15) is 6.04 Å². The Bertz CT molecular complexity index is 870. The summed E-state index contributed by atoms with van der Waals surface area (Å²) in [6.07, 6.45) is 0. The molecule has 0 heterocycles. The van der Waals surface area contributed by atoms with E-state index in [1.807, 2.05) is 13.0 Å². The number of nitriles is 1. The molecule has 0 spiro atoms. The summed E-state index contributed by atoms with van der Waals surface area (Å²) >= 11 is 0. The first-order chi connectivity index (χ1) is 10.8. The van der Waals surface area contributed by atoms with Crippen molar-refractivity contribution in [1.82, 2.24) is 4.72 Å². The second-order valence-corrected chi connectivity index (χ2v) is 6.56. The summed E-state index contributed by atoms with van der Waals surface area (Å²) in [5.74, 6) is 0. The smallest absolute Gasteiger partial charge is 0.258 e. The van der Waals surface area contributed by atoms with Crippen molar-refractivity contribution in [2.75, 3.05) is 0 Å². The lowest BCUT2D eigenvalue weighted by Gasteiger charge is -2.12. The van der Waals surface area contributed by atoms with E-state index in [1.165, 1.54) is 18.2 Å². The van der Waals surface area contributed by atoms with Gasteiger partial charge in [0, 0.05) is 12.1 Å². The van der Waals surface area contributed by atoms with Gasteiger partial charge in [-0.1, -0.05) is 35.9 Å². The fraction of sp³-hybridized carbons (Fsp3) is 0.133. The molecular formula is C15H13N3O4S. The molecule has 0 aliphatic carbocycles. The van der Waals surface area contributed by atoms with Gasteiger partial charge in [-0.25, -0.2) is 8.42 Å². The maximum Gasteiger partial charge on any atom is 0.270 e.